The number of nitrogens with two attached hydrogens (primary N) is 1. The maximum Gasteiger partial charge on any atom is 0.196 e. The van der Waals surface area contributed by atoms with Gasteiger partial charge in [-0.05, 0) is 6.07 Å². The van der Waals surface area contributed by atoms with E-state index in [9.17, 15) is 9.59 Å². The van der Waals surface area contributed by atoms with Crippen molar-refractivity contribution in [2.75, 3.05) is 5.32 Å². The van der Waals surface area contributed by atoms with Crippen LogP contribution in [0.3, 0.4) is 0 Å². The molecule has 0 aliphatic heterocycles. The highest BCUT2D eigenvalue weighted by Crippen LogP contribution is 2.31. The second-order valence-electron chi connectivity index (χ2n) is 4.84. The fourth-order valence-electron chi connectivity index (χ4n) is 2.50. The van der Waals surface area contributed by atoms with Crippen LogP contribution in [-0.4, -0.2) is 17.7 Å². The molecule has 0 radical (unpaired) electrons. The molecule has 104 valence electrons. The van der Waals surface area contributed by atoms with Crippen LogP contribution >= 0.6 is 0 Å². The topological polar surface area (TPSA) is 72.2 Å². The molecule has 21 heavy (non-hydrogen) atoms. The second kappa shape index (κ2) is 5.00. The number of anilines is 1. The van der Waals surface area contributed by atoms with Gasteiger partial charge in [-0.15, -0.1) is 0 Å². The van der Waals surface area contributed by atoms with Crippen LogP contribution in [0.15, 0.2) is 55.1 Å². The summed E-state index contributed by atoms with van der Waals surface area (Å²) in [4.78, 5) is 25.2. The van der Waals surface area contributed by atoms with Gasteiger partial charge in [0.25, 0.3) is 0 Å². The molecule has 4 heteroatoms. The van der Waals surface area contributed by atoms with E-state index in [1.165, 1.54) is 6.08 Å². The van der Waals surface area contributed by atoms with Crippen molar-refractivity contribution in [2.45, 2.75) is 6.17 Å². The third-order valence-corrected chi connectivity index (χ3v) is 3.53. The first-order valence-electron chi connectivity index (χ1n) is 6.59. The quantitative estimate of drug-likeness (QED) is 0.570. The summed E-state index contributed by atoms with van der Waals surface area (Å²) in [5, 5.41) is 2.99. The van der Waals surface area contributed by atoms with Crippen molar-refractivity contribution < 1.29 is 9.59 Å². The molecule has 1 aliphatic carbocycles. The molecule has 3 N–H and O–H groups in total. The summed E-state index contributed by atoms with van der Waals surface area (Å²) in [5.74, 6) is -0.310. The number of fused-ring (bicyclic) bond motifs is 2. The molecule has 0 bridgehead atoms. The lowest BCUT2D eigenvalue weighted by molar-refractivity contribution is 0.0979. The molecule has 1 unspecified atom stereocenters. The number of carbonyl (C=O) groups is 2. The van der Waals surface area contributed by atoms with Crippen LogP contribution in [0, 0.1) is 0 Å². The van der Waals surface area contributed by atoms with Gasteiger partial charge in [-0.3, -0.25) is 9.59 Å². The van der Waals surface area contributed by atoms with Crippen molar-refractivity contribution in [3.05, 3.63) is 77.4 Å². The Kier molecular flexibility index (Phi) is 3.16. The lowest BCUT2D eigenvalue weighted by Crippen LogP contribution is -2.29. The van der Waals surface area contributed by atoms with E-state index in [0.29, 0.717) is 27.9 Å². The predicted octanol–water partition coefficient (Wildman–Crippen LogP) is 2.34. The SMILES string of the molecule is C=CC(N)Nc1cccc2c1C(=O)c1ccccc1C2=O. The first-order valence-corrected chi connectivity index (χ1v) is 6.59. The number of rotatable bonds is 3. The van der Waals surface area contributed by atoms with Gasteiger partial charge in [-0.25, -0.2) is 0 Å². The molecule has 0 spiro atoms. The highest BCUT2D eigenvalue weighted by Gasteiger charge is 2.31. The van der Waals surface area contributed by atoms with Gasteiger partial charge in [0, 0.05) is 22.4 Å². The Balaban J connectivity index is 2.19. The Bertz CT molecular complexity index is 765. The highest BCUT2D eigenvalue weighted by atomic mass is 16.1. The average Bonchev–Trinajstić information content (AvgIpc) is 2.52. The smallest absolute Gasteiger partial charge is 0.196 e. The van der Waals surface area contributed by atoms with Gasteiger partial charge in [-0.1, -0.05) is 49.1 Å². The fraction of sp³-hybridized carbons (Fsp3) is 0.0588. The van der Waals surface area contributed by atoms with E-state index >= 15 is 0 Å². The minimum absolute atomic E-state index is 0.143. The maximum atomic E-state index is 12.7. The first-order chi connectivity index (χ1) is 10.1. The molecular weight excluding hydrogens is 264 g/mol. The molecule has 0 heterocycles. The third kappa shape index (κ3) is 2.06. The van der Waals surface area contributed by atoms with Crippen molar-refractivity contribution in [1.82, 2.24) is 0 Å². The highest BCUT2D eigenvalue weighted by molar-refractivity contribution is 6.30. The van der Waals surface area contributed by atoms with Gasteiger partial charge >= 0.3 is 0 Å². The molecule has 2 aromatic carbocycles. The molecule has 0 saturated heterocycles. The maximum absolute atomic E-state index is 12.7. The van der Waals surface area contributed by atoms with Gasteiger partial charge in [0.1, 0.15) is 0 Å². The number of ketones is 2. The van der Waals surface area contributed by atoms with Gasteiger partial charge in [0.15, 0.2) is 11.6 Å². The summed E-state index contributed by atoms with van der Waals surface area (Å²) in [6.45, 7) is 3.60. The standard InChI is InChI=1S/C17H14N2O2/c1-2-14(18)19-13-9-5-8-12-15(13)17(21)11-7-4-3-6-10(11)16(12)20/h2-9,14,19H,1,18H2. The van der Waals surface area contributed by atoms with E-state index in [-0.39, 0.29) is 11.6 Å². The van der Waals surface area contributed by atoms with Gasteiger partial charge in [0.2, 0.25) is 0 Å². The summed E-state index contributed by atoms with van der Waals surface area (Å²) in [7, 11) is 0. The second-order valence-corrected chi connectivity index (χ2v) is 4.84. The fourth-order valence-corrected chi connectivity index (χ4v) is 2.50. The molecule has 0 aromatic heterocycles. The van der Waals surface area contributed by atoms with Crippen molar-refractivity contribution >= 4 is 17.3 Å². The molecule has 0 amide bonds. The summed E-state index contributed by atoms with van der Waals surface area (Å²) in [5.41, 5.74) is 7.98. The number of hydrogen-bond donors (Lipinski definition) is 2. The lowest BCUT2D eigenvalue weighted by atomic mass is 9.83. The number of benzene rings is 2. The Morgan fingerprint density at radius 1 is 0.952 bits per heavy atom. The van der Waals surface area contributed by atoms with Gasteiger partial charge in [0.05, 0.1) is 11.7 Å². The Morgan fingerprint density at radius 3 is 2.24 bits per heavy atom. The summed E-state index contributed by atoms with van der Waals surface area (Å²) >= 11 is 0. The number of nitrogens with one attached hydrogen (secondary N) is 1. The largest absolute Gasteiger partial charge is 0.366 e. The first kappa shape index (κ1) is 13.3. The molecule has 1 atom stereocenters. The van der Waals surface area contributed by atoms with Crippen molar-refractivity contribution in [3.8, 4) is 0 Å². The molecule has 0 saturated carbocycles. The van der Waals surface area contributed by atoms with Crippen LogP contribution < -0.4 is 11.1 Å². The zero-order valence-electron chi connectivity index (χ0n) is 11.3. The monoisotopic (exact) mass is 278 g/mol. The summed E-state index contributed by atoms with van der Waals surface area (Å²) in [6.07, 6.45) is 1.04. The van der Waals surface area contributed by atoms with Crippen molar-refractivity contribution in [3.63, 3.8) is 0 Å². The van der Waals surface area contributed by atoms with Gasteiger partial charge < -0.3 is 11.1 Å². The van der Waals surface area contributed by atoms with Crippen LogP contribution in [-0.2, 0) is 0 Å². The summed E-state index contributed by atoms with van der Waals surface area (Å²) in [6, 6.07) is 12.0. The minimum atomic E-state index is -0.489. The Hall–Kier alpha value is -2.72. The Labute approximate surface area is 122 Å². The molecule has 2 aromatic rings. The Morgan fingerprint density at radius 2 is 1.57 bits per heavy atom. The molecule has 3 rings (SSSR count). The molecular formula is C17H14N2O2. The predicted molar refractivity (Wildman–Crippen MR) is 81.5 cm³/mol. The zero-order chi connectivity index (χ0) is 15.0. The number of carbonyl (C=O) groups excluding carboxylic acids is 2. The van der Waals surface area contributed by atoms with Crippen LogP contribution in [0.2, 0.25) is 0 Å². The van der Waals surface area contributed by atoms with Crippen molar-refractivity contribution in [2.24, 2.45) is 5.73 Å². The normalized spacial score (nSPS) is 14.1. The van der Waals surface area contributed by atoms with E-state index in [4.69, 9.17) is 5.73 Å². The van der Waals surface area contributed by atoms with E-state index in [1.54, 1.807) is 42.5 Å². The van der Waals surface area contributed by atoms with E-state index in [1.807, 2.05) is 0 Å². The van der Waals surface area contributed by atoms with Crippen LogP contribution in [0.5, 0.6) is 0 Å². The third-order valence-electron chi connectivity index (χ3n) is 3.53. The summed E-state index contributed by atoms with van der Waals surface area (Å²) < 4.78 is 0. The van der Waals surface area contributed by atoms with Crippen molar-refractivity contribution in [1.29, 1.82) is 0 Å². The molecule has 0 fully saturated rings. The zero-order valence-corrected chi connectivity index (χ0v) is 11.3. The van der Waals surface area contributed by atoms with Crippen LogP contribution in [0.25, 0.3) is 0 Å². The minimum Gasteiger partial charge on any atom is -0.366 e. The van der Waals surface area contributed by atoms with Crippen LogP contribution in [0.4, 0.5) is 5.69 Å². The van der Waals surface area contributed by atoms with Gasteiger partial charge in [-0.2, -0.15) is 0 Å². The molecule has 1 aliphatic rings. The molecule has 4 nitrogen and oxygen atoms in total. The van der Waals surface area contributed by atoms with E-state index in [2.05, 4.69) is 11.9 Å². The van der Waals surface area contributed by atoms with E-state index in [0.717, 1.165) is 0 Å². The van der Waals surface area contributed by atoms with Crippen LogP contribution in [0.1, 0.15) is 31.8 Å². The lowest BCUT2D eigenvalue weighted by Gasteiger charge is -2.21. The number of hydrogen-bond acceptors (Lipinski definition) is 4. The van der Waals surface area contributed by atoms with E-state index < -0.39 is 6.17 Å². The average molecular weight is 278 g/mol.